The Kier molecular flexibility index (Phi) is 6.99. The highest BCUT2D eigenvalue weighted by Crippen LogP contribution is 2.31. The first kappa shape index (κ1) is 23.1. The summed E-state index contributed by atoms with van der Waals surface area (Å²) in [6.45, 7) is 1.23. The Hall–Kier alpha value is -3.59. The van der Waals surface area contributed by atoms with Gasteiger partial charge in [0.1, 0.15) is 11.4 Å². The number of hydrogen-bond acceptors (Lipinski definition) is 5. The molecule has 10 heteroatoms. The lowest BCUT2D eigenvalue weighted by molar-refractivity contribution is -0.137. The van der Waals surface area contributed by atoms with E-state index in [9.17, 15) is 22.8 Å². The molecular weight excluding hydrogens is 447 g/mol. The van der Waals surface area contributed by atoms with Gasteiger partial charge in [0.05, 0.1) is 5.56 Å². The predicted octanol–water partition coefficient (Wildman–Crippen LogP) is 5.60. The summed E-state index contributed by atoms with van der Waals surface area (Å²) in [5, 5.41) is 5.70. The Morgan fingerprint density at radius 1 is 1.06 bits per heavy atom. The second-order valence-corrected chi connectivity index (χ2v) is 7.10. The molecule has 3 aromatic rings. The van der Waals surface area contributed by atoms with Crippen molar-refractivity contribution in [2.75, 3.05) is 17.2 Å². The third-order valence-electron chi connectivity index (χ3n) is 4.27. The van der Waals surface area contributed by atoms with Crippen LogP contribution in [0.4, 0.5) is 30.4 Å². The number of rotatable bonds is 6. The highest BCUT2D eigenvalue weighted by molar-refractivity contribution is 6.31. The summed E-state index contributed by atoms with van der Waals surface area (Å²) in [6.07, 6.45) is -3.15. The molecule has 166 valence electrons. The van der Waals surface area contributed by atoms with Crippen molar-refractivity contribution in [3.63, 3.8) is 0 Å². The molecular formula is C22H17ClF3N3O3. The van der Waals surface area contributed by atoms with E-state index >= 15 is 0 Å². The zero-order valence-electron chi connectivity index (χ0n) is 16.7. The molecule has 6 nitrogen and oxygen atoms in total. The lowest BCUT2D eigenvalue weighted by atomic mass is 10.2. The van der Waals surface area contributed by atoms with E-state index in [4.69, 9.17) is 16.3 Å². The van der Waals surface area contributed by atoms with E-state index in [0.29, 0.717) is 10.7 Å². The van der Waals surface area contributed by atoms with Crippen molar-refractivity contribution < 1.29 is 27.5 Å². The maximum absolute atomic E-state index is 12.9. The third-order valence-corrected chi connectivity index (χ3v) is 4.68. The number of nitrogens with one attached hydrogen (secondary N) is 2. The van der Waals surface area contributed by atoms with Crippen LogP contribution in [-0.4, -0.2) is 23.5 Å². The Balaban J connectivity index is 1.66. The van der Waals surface area contributed by atoms with Crippen LogP contribution in [0.3, 0.4) is 0 Å². The van der Waals surface area contributed by atoms with Gasteiger partial charge in [0.15, 0.2) is 6.61 Å². The molecule has 0 unspecified atom stereocenters. The van der Waals surface area contributed by atoms with Crippen LogP contribution in [0, 0.1) is 6.92 Å². The largest absolute Gasteiger partial charge is 0.452 e. The molecule has 3 rings (SSSR count). The number of amides is 1. The summed E-state index contributed by atoms with van der Waals surface area (Å²) in [6, 6.07) is 12.2. The smallest absolute Gasteiger partial charge is 0.416 e. The molecule has 1 amide bonds. The van der Waals surface area contributed by atoms with Gasteiger partial charge in [-0.1, -0.05) is 23.7 Å². The molecule has 1 aromatic heterocycles. The minimum Gasteiger partial charge on any atom is -0.452 e. The number of anilines is 3. The van der Waals surface area contributed by atoms with Crippen LogP contribution in [0.15, 0.2) is 60.8 Å². The summed E-state index contributed by atoms with van der Waals surface area (Å²) in [4.78, 5) is 28.5. The van der Waals surface area contributed by atoms with Gasteiger partial charge in [-0.05, 0) is 55.0 Å². The Labute approximate surface area is 186 Å². The molecule has 0 aliphatic carbocycles. The van der Waals surface area contributed by atoms with Crippen molar-refractivity contribution in [3.8, 4) is 0 Å². The third kappa shape index (κ3) is 5.98. The average molecular weight is 464 g/mol. The van der Waals surface area contributed by atoms with Gasteiger partial charge in [0.2, 0.25) is 0 Å². The van der Waals surface area contributed by atoms with Crippen molar-refractivity contribution in [1.82, 2.24) is 4.98 Å². The van der Waals surface area contributed by atoms with Gasteiger partial charge in [-0.15, -0.1) is 0 Å². The fourth-order valence-electron chi connectivity index (χ4n) is 2.66. The van der Waals surface area contributed by atoms with Crippen LogP contribution in [0.5, 0.6) is 0 Å². The fraction of sp³-hybridized carbons (Fsp3) is 0.136. The van der Waals surface area contributed by atoms with Crippen LogP contribution in [0.2, 0.25) is 5.02 Å². The number of carbonyl (C=O) groups excluding carboxylic acids is 2. The number of hydrogen-bond donors (Lipinski definition) is 2. The van der Waals surface area contributed by atoms with Crippen LogP contribution >= 0.6 is 11.6 Å². The SMILES string of the molecule is Cc1ccc(NC(=O)COC(=O)c2cccnc2Nc2cccc(C(F)(F)F)c2)cc1Cl. The number of halogens is 4. The van der Waals surface area contributed by atoms with Gasteiger partial charge < -0.3 is 15.4 Å². The van der Waals surface area contributed by atoms with E-state index in [1.165, 1.54) is 30.5 Å². The van der Waals surface area contributed by atoms with Crippen molar-refractivity contribution in [1.29, 1.82) is 0 Å². The second-order valence-electron chi connectivity index (χ2n) is 6.69. The van der Waals surface area contributed by atoms with Crippen molar-refractivity contribution in [2.45, 2.75) is 13.1 Å². The van der Waals surface area contributed by atoms with Crippen molar-refractivity contribution >= 4 is 40.7 Å². The van der Waals surface area contributed by atoms with Crippen LogP contribution in [0.1, 0.15) is 21.5 Å². The minimum absolute atomic E-state index is 0.0115. The first-order valence-corrected chi connectivity index (χ1v) is 9.64. The molecule has 0 saturated carbocycles. The summed E-state index contributed by atoms with van der Waals surface area (Å²) >= 11 is 6.01. The number of carbonyl (C=O) groups is 2. The highest BCUT2D eigenvalue weighted by Gasteiger charge is 2.30. The van der Waals surface area contributed by atoms with Crippen molar-refractivity contribution in [3.05, 3.63) is 82.5 Å². The lowest BCUT2D eigenvalue weighted by Crippen LogP contribution is -2.21. The molecule has 2 N–H and O–H groups in total. The zero-order chi connectivity index (χ0) is 23.3. The number of esters is 1. The van der Waals surface area contributed by atoms with Gasteiger partial charge in [-0.2, -0.15) is 13.2 Å². The first-order chi connectivity index (χ1) is 15.1. The fourth-order valence-corrected chi connectivity index (χ4v) is 2.84. The summed E-state index contributed by atoms with van der Waals surface area (Å²) in [5.41, 5.74) is 0.469. The summed E-state index contributed by atoms with van der Waals surface area (Å²) in [7, 11) is 0. The van der Waals surface area contributed by atoms with E-state index in [-0.39, 0.29) is 17.1 Å². The normalized spacial score (nSPS) is 11.0. The Morgan fingerprint density at radius 2 is 1.84 bits per heavy atom. The predicted molar refractivity (Wildman–Crippen MR) is 114 cm³/mol. The maximum atomic E-state index is 12.9. The maximum Gasteiger partial charge on any atom is 0.416 e. The van der Waals surface area contributed by atoms with Crippen LogP contribution in [0.25, 0.3) is 0 Å². The molecule has 0 aliphatic rings. The van der Waals surface area contributed by atoms with Gasteiger partial charge in [0, 0.05) is 22.6 Å². The Morgan fingerprint density at radius 3 is 2.56 bits per heavy atom. The topological polar surface area (TPSA) is 80.3 Å². The highest BCUT2D eigenvalue weighted by atomic mass is 35.5. The number of benzene rings is 2. The molecule has 2 aromatic carbocycles. The minimum atomic E-state index is -4.52. The zero-order valence-corrected chi connectivity index (χ0v) is 17.4. The van der Waals surface area contributed by atoms with E-state index in [1.807, 2.05) is 6.92 Å². The van der Waals surface area contributed by atoms with E-state index in [0.717, 1.165) is 17.7 Å². The average Bonchev–Trinajstić information content (AvgIpc) is 2.75. The Bertz CT molecular complexity index is 1150. The number of nitrogens with zero attached hydrogens (tertiary/aromatic N) is 1. The molecule has 0 bridgehead atoms. The number of ether oxygens (including phenoxy) is 1. The molecule has 0 spiro atoms. The van der Waals surface area contributed by atoms with Crippen LogP contribution in [-0.2, 0) is 15.7 Å². The first-order valence-electron chi connectivity index (χ1n) is 9.26. The van der Waals surface area contributed by atoms with Crippen LogP contribution < -0.4 is 10.6 Å². The van der Waals surface area contributed by atoms with Gasteiger partial charge >= 0.3 is 12.1 Å². The van der Waals surface area contributed by atoms with Gasteiger partial charge in [-0.25, -0.2) is 9.78 Å². The van der Waals surface area contributed by atoms with E-state index < -0.39 is 30.2 Å². The number of aromatic nitrogens is 1. The van der Waals surface area contributed by atoms with Crippen molar-refractivity contribution in [2.24, 2.45) is 0 Å². The molecule has 0 fully saturated rings. The number of aryl methyl sites for hydroxylation is 1. The summed E-state index contributed by atoms with van der Waals surface area (Å²) in [5.74, 6) is -1.47. The quantitative estimate of drug-likeness (QED) is 0.465. The number of pyridine rings is 1. The van der Waals surface area contributed by atoms with Gasteiger partial charge in [-0.3, -0.25) is 4.79 Å². The molecule has 0 aliphatic heterocycles. The van der Waals surface area contributed by atoms with Gasteiger partial charge in [0.25, 0.3) is 5.91 Å². The molecule has 0 radical (unpaired) electrons. The monoisotopic (exact) mass is 463 g/mol. The number of alkyl halides is 3. The molecule has 1 heterocycles. The lowest BCUT2D eigenvalue weighted by Gasteiger charge is -2.13. The standard InChI is InChI=1S/C22H17ClF3N3O3/c1-13-7-8-16(11-18(13)23)28-19(30)12-32-21(31)17-6-3-9-27-20(17)29-15-5-2-4-14(10-15)22(24,25)26/h2-11H,12H2,1H3,(H,27,29)(H,28,30). The summed E-state index contributed by atoms with van der Waals surface area (Å²) < 4.78 is 43.8. The van der Waals surface area contributed by atoms with E-state index in [1.54, 1.807) is 18.2 Å². The molecule has 0 saturated heterocycles. The molecule has 32 heavy (non-hydrogen) atoms. The second kappa shape index (κ2) is 9.69. The van der Waals surface area contributed by atoms with E-state index in [2.05, 4.69) is 15.6 Å². The molecule has 0 atom stereocenters.